The zero-order valence-corrected chi connectivity index (χ0v) is 15.8. The Hall–Kier alpha value is -2.17. The summed E-state index contributed by atoms with van der Waals surface area (Å²) >= 11 is 9.81. The predicted molar refractivity (Wildman–Crippen MR) is 104 cm³/mol. The number of hydrogen-bond donors (Lipinski definition) is 0. The molecule has 0 amide bonds. The van der Waals surface area contributed by atoms with Crippen LogP contribution in [0.3, 0.4) is 0 Å². The maximum absolute atomic E-state index is 6.33. The van der Waals surface area contributed by atoms with E-state index < -0.39 is 0 Å². The summed E-state index contributed by atoms with van der Waals surface area (Å²) in [5, 5.41) is 0.702. The molecular weight excluding hydrogens is 400 g/mol. The maximum Gasteiger partial charge on any atom is 0.222 e. The van der Waals surface area contributed by atoms with Crippen LogP contribution in [0.4, 0.5) is 5.69 Å². The number of rotatable bonds is 2. The summed E-state index contributed by atoms with van der Waals surface area (Å²) in [6.45, 7) is 1.98. The first kappa shape index (κ1) is 16.3. The van der Waals surface area contributed by atoms with Crippen LogP contribution >= 0.6 is 27.5 Å². The Morgan fingerprint density at radius 1 is 1.00 bits per heavy atom. The second-order valence-electron chi connectivity index (χ2n) is 5.81. The van der Waals surface area contributed by atoms with Gasteiger partial charge >= 0.3 is 0 Å². The molecule has 1 aliphatic heterocycles. The van der Waals surface area contributed by atoms with E-state index in [2.05, 4.69) is 33.0 Å². The van der Waals surface area contributed by atoms with Gasteiger partial charge in [-0.1, -0.05) is 45.7 Å². The Kier molecular flexibility index (Phi) is 4.32. The summed E-state index contributed by atoms with van der Waals surface area (Å²) in [5.74, 6) is 0.577. The number of fused-ring (bicyclic) bond motifs is 1. The van der Waals surface area contributed by atoms with E-state index in [-0.39, 0.29) is 6.10 Å². The topological polar surface area (TPSA) is 34.5 Å². The first-order valence-corrected chi connectivity index (χ1v) is 9.01. The van der Waals surface area contributed by atoms with E-state index in [1.165, 1.54) is 0 Å². The van der Waals surface area contributed by atoms with Gasteiger partial charge in [0.25, 0.3) is 0 Å². The lowest BCUT2D eigenvalue weighted by molar-refractivity contribution is 0.229. The molecule has 0 aliphatic carbocycles. The molecule has 1 aromatic heterocycles. The van der Waals surface area contributed by atoms with Crippen molar-refractivity contribution in [3.63, 3.8) is 0 Å². The fourth-order valence-corrected chi connectivity index (χ4v) is 3.29. The molecule has 0 saturated heterocycles. The highest BCUT2D eigenvalue weighted by Gasteiger charge is 2.28. The normalized spacial score (nSPS) is 16.0. The van der Waals surface area contributed by atoms with Crippen molar-refractivity contribution in [2.45, 2.75) is 13.0 Å². The molecule has 2 aromatic carbocycles. The van der Waals surface area contributed by atoms with Crippen LogP contribution in [-0.2, 0) is 4.74 Å². The van der Waals surface area contributed by atoms with Gasteiger partial charge in [-0.05, 0) is 48.4 Å². The third-order valence-electron chi connectivity index (χ3n) is 4.22. The van der Waals surface area contributed by atoms with Gasteiger partial charge in [-0.3, -0.25) is 4.98 Å². The quantitative estimate of drug-likeness (QED) is 0.516. The van der Waals surface area contributed by atoms with Gasteiger partial charge in [0.05, 0.1) is 5.69 Å². The van der Waals surface area contributed by atoms with E-state index in [0.29, 0.717) is 10.9 Å². The summed E-state index contributed by atoms with van der Waals surface area (Å²) in [5.41, 5.74) is 4.80. The Bertz CT molecular complexity index is 955. The minimum Gasteiger partial charge on any atom is -0.464 e. The Morgan fingerprint density at radius 3 is 2.44 bits per heavy atom. The minimum atomic E-state index is -0.236. The number of aliphatic imine (C=N–C) groups is 1. The van der Waals surface area contributed by atoms with Gasteiger partial charge < -0.3 is 4.74 Å². The van der Waals surface area contributed by atoms with Gasteiger partial charge in [0.1, 0.15) is 0 Å². The molecule has 0 fully saturated rings. The number of nitrogens with zero attached hydrogens (tertiary/aromatic N) is 2. The molecular formula is C20H14BrClN2O. The molecule has 0 bridgehead atoms. The van der Waals surface area contributed by atoms with Gasteiger partial charge in [-0.2, -0.15) is 0 Å². The monoisotopic (exact) mass is 412 g/mol. The molecule has 3 nitrogen and oxygen atoms in total. The van der Waals surface area contributed by atoms with Crippen molar-refractivity contribution in [2.24, 2.45) is 4.99 Å². The second-order valence-corrected chi connectivity index (χ2v) is 7.14. The molecule has 0 spiro atoms. The number of aromatic nitrogens is 1. The van der Waals surface area contributed by atoms with E-state index >= 15 is 0 Å². The molecule has 0 saturated carbocycles. The third kappa shape index (κ3) is 3.08. The fourth-order valence-electron chi connectivity index (χ4n) is 2.87. The largest absolute Gasteiger partial charge is 0.464 e. The summed E-state index contributed by atoms with van der Waals surface area (Å²) in [4.78, 5) is 8.81. The van der Waals surface area contributed by atoms with Crippen LogP contribution in [0.25, 0.3) is 0 Å². The van der Waals surface area contributed by atoms with Crippen molar-refractivity contribution in [3.05, 3.63) is 92.7 Å². The standard InChI is InChI=1S/C20H14BrClN2O/c1-12-17(22)7-6-16-18(12)24-20(14-8-10-23-11-9-14)25-19(16)13-2-4-15(21)5-3-13/h2-11,19H,1H3. The number of hydrogen-bond acceptors (Lipinski definition) is 3. The summed E-state index contributed by atoms with van der Waals surface area (Å²) in [6, 6.07) is 15.8. The van der Waals surface area contributed by atoms with Crippen LogP contribution < -0.4 is 0 Å². The van der Waals surface area contributed by atoms with E-state index in [4.69, 9.17) is 21.3 Å². The Labute approximate surface area is 159 Å². The maximum atomic E-state index is 6.33. The zero-order chi connectivity index (χ0) is 17.4. The van der Waals surface area contributed by atoms with Crippen LogP contribution in [0.1, 0.15) is 28.4 Å². The summed E-state index contributed by atoms with van der Waals surface area (Å²) in [7, 11) is 0. The highest BCUT2D eigenvalue weighted by Crippen LogP contribution is 2.42. The van der Waals surface area contributed by atoms with Crippen molar-refractivity contribution < 1.29 is 4.74 Å². The van der Waals surface area contributed by atoms with E-state index in [9.17, 15) is 0 Å². The molecule has 0 N–H and O–H groups in total. The summed E-state index contributed by atoms with van der Waals surface area (Å²) < 4.78 is 7.31. The van der Waals surface area contributed by atoms with Crippen molar-refractivity contribution in [2.75, 3.05) is 0 Å². The first-order valence-electron chi connectivity index (χ1n) is 7.83. The van der Waals surface area contributed by atoms with E-state index in [0.717, 1.165) is 32.4 Å². The van der Waals surface area contributed by atoms with Crippen LogP contribution in [-0.4, -0.2) is 10.9 Å². The lowest BCUT2D eigenvalue weighted by atomic mass is 9.96. The highest BCUT2D eigenvalue weighted by atomic mass is 79.9. The molecule has 5 heteroatoms. The number of benzene rings is 2. The molecule has 1 atom stereocenters. The minimum absolute atomic E-state index is 0.236. The van der Waals surface area contributed by atoms with Crippen LogP contribution in [0, 0.1) is 6.92 Å². The molecule has 124 valence electrons. The van der Waals surface area contributed by atoms with E-state index in [1.807, 2.05) is 43.3 Å². The smallest absolute Gasteiger partial charge is 0.222 e. The SMILES string of the molecule is Cc1c(Cl)ccc2c1N=C(c1ccncc1)OC2c1ccc(Br)cc1. The van der Waals surface area contributed by atoms with Crippen molar-refractivity contribution in [1.29, 1.82) is 0 Å². The molecule has 25 heavy (non-hydrogen) atoms. The van der Waals surface area contributed by atoms with Gasteiger partial charge in [0.2, 0.25) is 5.90 Å². The molecule has 1 unspecified atom stereocenters. The average molecular weight is 414 g/mol. The van der Waals surface area contributed by atoms with Gasteiger partial charge in [-0.15, -0.1) is 0 Å². The number of pyridine rings is 1. The van der Waals surface area contributed by atoms with E-state index in [1.54, 1.807) is 12.4 Å². The predicted octanol–water partition coefficient (Wildman–Crippen LogP) is 6.00. The van der Waals surface area contributed by atoms with Crippen molar-refractivity contribution >= 4 is 39.1 Å². The lowest BCUT2D eigenvalue weighted by Crippen LogP contribution is -2.18. The average Bonchev–Trinajstić information content (AvgIpc) is 2.65. The first-order chi connectivity index (χ1) is 12.1. The van der Waals surface area contributed by atoms with Crippen LogP contribution in [0.15, 0.2) is 70.4 Å². The summed E-state index contributed by atoms with van der Waals surface area (Å²) in [6.07, 6.45) is 3.23. The highest BCUT2D eigenvalue weighted by molar-refractivity contribution is 9.10. The second kappa shape index (κ2) is 6.62. The Balaban J connectivity index is 1.89. The number of halogens is 2. The number of ether oxygens (including phenoxy) is 1. The van der Waals surface area contributed by atoms with Gasteiger partial charge in [-0.25, -0.2) is 4.99 Å². The molecule has 1 aliphatic rings. The van der Waals surface area contributed by atoms with Crippen LogP contribution in [0.5, 0.6) is 0 Å². The van der Waals surface area contributed by atoms with Crippen molar-refractivity contribution in [1.82, 2.24) is 4.98 Å². The Morgan fingerprint density at radius 2 is 1.72 bits per heavy atom. The third-order valence-corrected chi connectivity index (χ3v) is 5.16. The molecule has 0 radical (unpaired) electrons. The zero-order valence-electron chi connectivity index (χ0n) is 13.4. The van der Waals surface area contributed by atoms with Gasteiger partial charge in [0, 0.05) is 33.0 Å². The van der Waals surface area contributed by atoms with Gasteiger partial charge in [0.15, 0.2) is 6.10 Å². The molecule has 4 rings (SSSR count). The van der Waals surface area contributed by atoms with Crippen LogP contribution in [0.2, 0.25) is 5.02 Å². The fraction of sp³-hybridized carbons (Fsp3) is 0.100. The van der Waals surface area contributed by atoms with Crippen molar-refractivity contribution in [3.8, 4) is 0 Å². The lowest BCUT2D eigenvalue weighted by Gasteiger charge is -2.27. The molecule has 2 heterocycles. The molecule has 3 aromatic rings.